The van der Waals surface area contributed by atoms with Crippen molar-refractivity contribution in [1.29, 1.82) is 0 Å². The summed E-state index contributed by atoms with van der Waals surface area (Å²) in [5, 5.41) is 19.0. The Morgan fingerprint density at radius 1 is 0.923 bits per heavy atom. The lowest BCUT2D eigenvalue weighted by Crippen LogP contribution is -2.28. The molecule has 1 amide bonds. The van der Waals surface area contributed by atoms with Crippen LogP contribution in [0.1, 0.15) is 37.6 Å². The summed E-state index contributed by atoms with van der Waals surface area (Å²) in [6, 6.07) is 23.9. The van der Waals surface area contributed by atoms with Crippen molar-refractivity contribution in [2.75, 3.05) is 0 Å². The van der Waals surface area contributed by atoms with Crippen LogP contribution in [0.2, 0.25) is 0 Å². The van der Waals surface area contributed by atoms with E-state index in [2.05, 4.69) is 4.99 Å². The monoisotopic (exact) mass is 538 g/mol. The number of carboxylic acids is 2. The lowest BCUT2D eigenvalue weighted by atomic mass is 10.0. The van der Waals surface area contributed by atoms with Gasteiger partial charge in [0.1, 0.15) is 11.5 Å². The fourth-order valence-electron chi connectivity index (χ4n) is 4.00. The van der Waals surface area contributed by atoms with Gasteiger partial charge in [0, 0.05) is 11.6 Å². The van der Waals surface area contributed by atoms with Crippen LogP contribution in [-0.4, -0.2) is 38.1 Å². The molecule has 1 aromatic heterocycles. The van der Waals surface area contributed by atoms with Crippen LogP contribution >= 0.6 is 11.8 Å². The molecular formula is C30H22N2O6S. The molecule has 8 nitrogen and oxygen atoms in total. The van der Waals surface area contributed by atoms with E-state index in [-0.39, 0.29) is 23.6 Å². The highest BCUT2D eigenvalue weighted by Crippen LogP contribution is 2.36. The number of hydrogen-bond acceptors (Lipinski definition) is 6. The van der Waals surface area contributed by atoms with Crippen LogP contribution in [0.5, 0.6) is 0 Å². The molecule has 5 rings (SSSR count). The number of para-hydroxylation sites is 1. The largest absolute Gasteiger partial charge is 0.478 e. The number of carboxylic acid groups (broad SMARTS) is 2. The van der Waals surface area contributed by atoms with Crippen molar-refractivity contribution in [2.45, 2.75) is 13.5 Å². The zero-order valence-electron chi connectivity index (χ0n) is 20.7. The van der Waals surface area contributed by atoms with E-state index in [1.54, 1.807) is 47.4 Å². The Hall–Kier alpha value is -4.89. The van der Waals surface area contributed by atoms with E-state index >= 15 is 0 Å². The second-order valence-electron chi connectivity index (χ2n) is 8.77. The number of carbonyl (C=O) groups excluding carboxylic acids is 1. The molecule has 3 aromatic carbocycles. The van der Waals surface area contributed by atoms with Gasteiger partial charge in [-0.15, -0.1) is 0 Å². The van der Waals surface area contributed by atoms with Crippen molar-refractivity contribution >= 4 is 46.5 Å². The van der Waals surface area contributed by atoms with E-state index in [9.17, 15) is 24.6 Å². The topological polar surface area (TPSA) is 120 Å². The number of carbonyl (C=O) groups is 3. The molecule has 0 aliphatic carbocycles. The highest BCUT2D eigenvalue weighted by molar-refractivity contribution is 8.18. The summed E-state index contributed by atoms with van der Waals surface area (Å²) in [7, 11) is 0. The van der Waals surface area contributed by atoms with Gasteiger partial charge in [-0.25, -0.2) is 14.6 Å². The lowest BCUT2D eigenvalue weighted by molar-refractivity contribution is -0.122. The van der Waals surface area contributed by atoms with Crippen molar-refractivity contribution in [3.05, 3.63) is 118 Å². The second-order valence-corrected chi connectivity index (χ2v) is 9.78. The number of amidine groups is 1. The molecular weight excluding hydrogens is 516 g/mol. The molecule has 0 spiro atoms. The van der Waals surface area contributed by atoms with Gasteiger partial charge >= 0.3 is 11.9 Å². The number of thioether (sulfide) groups is 1. The molecule has 0 radical (unpaired) electrons. The fraction of sp³-hybridized carbons (Fsp3) is 0.0667. The number of aryl methyl sites for hydroxylation is 1. The molecule has 39 heavy (non-hydrogen) atoms. The van der Waals surface area contributed by atoms with E-state index in [1.165, 1.54) is 30.0 Å². The minimum absolute atomic E-state index is 0.155. The average Bonchev–Trinajstić information content (AvgIpc) is 3.50. The first-order valence-electron chi connectivity index (χ1n) is 11.9. The first-order valence-corrected chi connectivity index (χ1v) is 12.7. The van der Waals surface area contributed by atoms with Gasteiger partial charge in [-0.05, 0) is 78.3 Å². The lowest BCUT2D eigenvalue weighted by Gasteiger charge is -2.16. The predicted octanol–water partition coefficient (Wildman–Crippen LogP) is 6.46. The third-order valence-electron chi connectivity index (χ3n) is 6.06. The maximum atomic E-state index is 13.5. The van der Waals surface area contributed by atoms with Crippen LogP contribution in [0.25, 0.3) is 17.4 Å². The van der Waals surface area contributed by atoms with Crippen LogP contribution in [0.3, 0.4) is 0 Å². The predicted molar refractivity (Wildman–Crippen MR) is 149 cm³/mol. The first-order chi connectivity index (χ1) is 18.8. The highest BCUT2D eigenvalue weighted by Gasteiger charge is 2.34. The van der Waals surface area contributed by atoms with Crippen molar-refractivity contribution < 1.29 is 29.0 Å². The van der Waals surface area contributed by atoms with E-state index in [4.69, 9.17) is 4.42 Å². The zero-order valence-corrected chi connectivity index (χ0v) is 21.5. The Morgan fingerprint density at radius 3 is 2.31 bits per heavy atom. The van der Waals surface area contributed by atoms with Crippen LogP contribution in [-0.2, 0) is 11.3 Å². The Bertz CT molecular complexity index is 1640. The molecule has 0 atom stereocenters. The summed E-state index contributed by atoms with van der Waals surface area (Å²) in [6.07, 6.45) is 1.64. The summed E-state index contributed by atoms with van der Waals surface area (Å²) in [4.78, 5) is 42.7. The Kier molecular flexibility index (Phi) is 7.16. The molecule has 1 aliphatic heterocycles. The number of furan rings is 1. The van der Waals surface area contributed by atoms with Gasteiger partial charge in [0.2, 0.25) is 0 Å². The number of benzene rings is 3. The van der Waals surface area contributed by atoms with Crippen LogP contribution < -0.4 is 0 Å². The van der Waals surface area contributed by atoms with Crippen LogP contribution in [0.4, 0.5) is 5.69 Å². The first kappa shape index (κ1) is 25.7. The molecule has 0 saturated carbocycles. The molecule has 0 unspecified atom stereocenters. The normalized spacial score (nSPS) is 15.3. The standard InChI is InChI=1S/C30H22N2O6S/c1-18-7-10-21(29(36)37)15-24(18)25-14-13-23(38-25)16-26-27(33)32(17-19-8-11-20(12-9-19)28(34)35)30(39-26)31-22-5-3-2-4-6-22/h2-16H,17H2,1H3,(H,34,35)(H,36,37)/b26-16-,31-30?. The van der Waals surface area contributed by atoms with Crippen LogP contribution in [0, 0.1) is 6.92 Å². The molecule has 2 N–H and O–H groups in total. The molecule has 1 aliphatic rings. The SMILES string of the molecule is Cc1ccc(C(=O)O)cc1-c1ccc(/C=C2\SC(=Nc3ccccc3)N(Cc3ccc(C(=O)O)cc3)C2=O)o1. The molecule has 2 heterocycles. The maximum absolute atomic E-state index is 13.5. The molecule has 1 fully saturated rings. The van der Waals surface area contributed by atoms with Gasteiger partial charge < -0.3 is 14.6 Å². The summed E-state index contributed by atoms with van der Waals surface area (Å²) < 4.78 is 5.99. The number of rotatable bonds is 7. The van der Waals surface area contributed by atoms with Gasteiger partial charge in [0.05, 0.1) is 28.3 Å². The quantitative estimate of drug-likeness (QED) is 0.259. The van der Waals surface area contributed by atoms with E-state index < -0.39 is 11.9 Å². The number of hydrogen-bond donors (Lipinski definition) is 2. The molecule has 1 saturated heterocycles. The third-order valence-corrected chi connectivity index (χ3v) is 7.07. The van der Waals surface area contributed by atoms with Gasteiger partial charge in [-0.3, -0.25) is 9.69 Å². The van der Waals surface area contributed by atoms with E-state index in [0.717, 1.165) is 11.1 Å². The van der Waals surface area contributed by atoms with E-state index in [0.29, 0.717) is 32.8 Å². The highest BCUT2D eigenvalue weighted by atomic mass is 32.2. The average molecular weight is 539 g/mol. The van der Waals surface area contributed by atoms with Crippen molar-refractivity contribution in [3.8, 4) is 11.3 Å². The third kappa shape index (κ3) is 5.68. The Morgan fingerprint density at radius 2 is 1.62 bits per heavy atom. The van der Waals surface area contributed by atoms with Crippen molar-refractivity contribution in [2.24, 2.45) is 4.99 Å². The summed E-state index contributed by atoms with van der Waals surface area (Å²) >= 11 is 1.21. The number of nitrogens with zero attached hydrogens (tertiary/aromatic N) is 2. The van der Waals surface area contributed by atoms with Crippen LogP contribution in [0.15, 0.2) is 99.2 Å². The second kappa shape index (κ2) is 10.8. The Labute approximate surface area is 227 Å². The van der Waals surface area contributed by atoms with Gasteiger partial charge in [0.15, 0.2) is 5.17 Å². The minimum atomic E-state index is -1.03. The van der Waals surface area contributed by atoms with Gasteiger partial charge in [-0.2, -0.15) is 0 Å². The smallest absolute Gasteiger partial charge is 0.335 e. The van der Waals surface area contributed by atoms with Gasteiger partial charge in [-0.1, -0.05) is 36.4 Å². The Balaban J connectivity index is 1.46. The molecule has 4 aromatic rings. The maximum Gasteiger partial charge on any atom is 0.335 e. The molecule has 9 heteroatoms. The number of aliphatic imine (C=N–C) groups is 1. The molecule has 0 bridgehead atoms. The van der Waals surface area contributed by atoms with Crippen molar-refractivity contribution in [1.82, 2.24) is 4.90 Å². The fourth-order valence-corrected chi connectivity index (χ4v) is 4.98. The van der Waals surface area contributed by atoms with E-state index in [1.807, 2.05) is 37.3 Å². The number of aromatic carboxylic acids is 2. The number of amides is 1. The zero-order chi connectivity index (χ0) is 27.5. The minimum Gasteiger partial charge on any atom is -0.478 e. The summed E-state index contributed by atoms with van der Waals surface area (Å²) in [5.41, 5.74) is 3.28. The van der Waals surface area contributed by atoms with Crippen molar-refractivity contribution in [3.63, 3.8) is 0 Å². The molecule has 194 valence electrons. The summed E-state index contributed by atoms with van der Waals surface area (Å²) in [6.45, 7) is 2.07. The summed E-state index contributed by atoms with van der Waals surface area (Å²) in [5.74, 6) is -1.38. The van der Waals surface area contributed by atoms with Gasteiger partial charge in [0.25, 0.3) is 5.91 Å².